The Kier molecular flexibility index (Phi) is 4.83. The molecule has 2 aliphatic rings. The molecule has 1 saturated heterocycles. The molecule has 0 bridgehead atoms. The van der Waals surface area contributed by atoms with Crippen LogP contribution in [0.15, 0.2) is 24.3 Å². The third-order valence-electron chi connectivity index (χ3n) is 5.66. The van der Waals surface area contributed by atoms with Crippen LogP contribution in [0.3, 0.4) is 0 Å². The van der Waals surface area contributed by atoms with Gasteiger partial charge in [0.15, 0.2) is 0 Å². The van der Waals surface area contributed by atoms with E-state index in [0.29, 0.717) is 5.91 Å². The highest BCUT2D eigenvalue weighted by Crippen LogP contribution is 2.36. The Bertz CT molecular complexity index is 671. The standard InChI is InChI=1S/C20H26N2OS/c23-19(13-12-15-7-1-2-8-15)22-14-6-5-10-17(22)20-21-16-9-3-4-11-18(16)24-20/h3-4,9,11,15,17H,1-2,5-8,10,12-14H2. The number of carbonyl (C=O) groups is 1. The van der Waals surface area contributed by atoms with E-state index in [1.54, 1.807) is 11.3 Å². The number of thiazole rings is 1. The number of rotatable bonds is 4. The number of piperidine rings is 1. The van der Waals surface area contributed by atoms with Gasteiger partial charge in [-0.25, -0.2) is 4.98 Å². The van der Waals surface area contributed by atoms with Gasteiger partial charge >= 0.3 is 0 Å². The number of aromatic nitrogens is 1. The second kappa shape index (κ2) is 7.22. The number of fused-ring (bicyclic) bond motifs is 1. The van der Waals surface area contributed by atoms with E-state index in [9.17, 15) is 4.79 Å². The molecule has 4 heteroatoms. The topological polar surface area (TPSA) is 33.2 Å². The fraction of sp³-hybridized carbons (Fsp3) is 0.600. The maximum absolute atomic E-state index is 12.9. The molecule has 2 heterocycles. The molecule has 4 rings (SSSR count). The molecule has 2 aromatic rings. The van der Waals surface area contributed by atoms with E-state index < -0.39 is 0 Å². The summed E-state index contributed by atoms with van der Waals surface area (Å²) in [5.41, 5.74) is 1.07. The van der Waals surface area contributed by atoms with Crippen molar-refractivity contribution < 1.29 is 4.79 Å². The Morgan fingerprint density at radius 2 is 1.92 bits per heavy atom. The molecule has 3 nitrogen and oxygen atoms in total. The summed E-state index contributed by atoms with van der Waals surface area (Å²) in [4.78, 5) is 19.8. The third kappa shape index (κ3) is 3.34. The normalized spacial score (nSPS) is 22.3. The predicted molar refractivity (Wildman–Crippen MR) is 99.1 cm³/mol. The van der Waals surface area contributed by atoms with Crippen molar-refractivity contribution in [2.75, 3.05) is 6.54 Å². The van der Waals surface area contributed by atoms with Gasteiger partial charge in [0.2, 0.25) is 5.91 Å². The molecule has 1 aliphatic heterocycles. The molecular weight excluding hydrogens is 316 g/mol. The molecule has 1 atom stereocenters. The van der Waals surface area contributed by atoms with Gasteiger partial charge in [0.25, 0.3) is 0 Å². The fourth-order valence-corrected chi connectivity index (χ4v) is 5.40. The lowest BCUT2D eigenvalue weighted by atomic mass is 9.98. The molecule has 1 aliphatic carbocycles. The molecule has 1 saturated carbocycles. The summed E-state index contributed by atoms with van der Waals surface area (Å²) in [6, 6.07) is 8.51. The summed E-state index contributed by atoms with van der Waals surface area (Å²) in [7, 11) is 0. The second-order valence-electron chi connectivity index (χ2n) is 7.31. The average molecular weight is 343 g/mol. The van der Waals surface area contributed by atoms with Crippen LogP contribution in [-0.2, 0) is 4.79 Å². The quantitative estimate of drug-likeness (QED) is 0.753. The number of nitrogens with zero attached hydrogens (tertiary/aromatic N) is 2. The smallest absolute Gasteiger partial charge is 0.223 e. The number of likely N-dealkylation sites (tertiary alicyclic amines) is 1. The molecule has 1 aromatic heterocycles. The fourth-order valence-electron chi connectivity index (χ4n) is 4.29. The Balaban J connectivity index is 1.48. The van der Waals surface area contributed by atoms with Crippen molar-refractivity contribution in [3.05, 3.63) is 29.3 Å². The molecular formula is C20H26N2OS. The maximum atomic E-state index is 12.9. The van der Waals surface area contributed by atoms with Crippen molar-refractivity contribution in [1.29, 1.82) is 0 Å². The minimum Gasteiger partial charge on any atom is -0.333 e. The van der Waals surface area contributed by atoms with Gasteiger partial charge in [-0.15, -0.1) is 11.3 Å². The highest BCUT2D eigenvalue weighted by atomic mass is 32.1. The van der Waals surface area contributed by atoms with E-state index in [-0.39, 0.29) is 6.04 Å². The minimum absolute atomic E-state index is 0.201. The average Bonchev–Trinajstić information content (AvgIpc) is 3.29. The maximum Gasteiger partial charge on any atom is 0.223 e. The first kappa shape index (κ1) is 16.1. The van der Waals surface area contributed by atoms with Gasteiger partial charge in [-0.05, 0) is 43.7 Å². The molecule has 0 N–H and O–H groups in total. The van der Waals surface area contributed by atoms with Crippen molar-refractivity contribution in [3.8, 4) is 0 Å². The summed E-state index contributed by atoms with van der Waals surface area (Å²) < 4.78 is 1.23. The van der Waals surface area contributed by atoms with Crippen LogP contribution in [0.2, 0.25) is 0 Å². The molecule has 1 aromatic carbocycles. The van der Waals surface area contributed by atoms with Gasteiger partial charge in [0, 0.05) is 13.0 Å². The lowest BCUT2D eigenvalue weighted by Crippen LogP contribution is -2.38. The summed E-state index contributed by atoms with van der Waals surface area (Å²) in [6.45, 7) is 0.907. The first-order valence-corrected chi connectivity index (χ1v) is 10.3. The lowest BCUT2D eigenvalue weighted by molar-refractivity contribution is -0.135. The van der Waals surface area contributed by atoms with Crippen LogP contribution < -0.4 is 0 Å². The molecule has 128 valence electrons. The van der Waals surface area contributed by atoms with Crippen molar-refractivity contribution in [2.45, 2.75) is 63.8 Å². The largest absolute Gasteiger partial charge is 0.333 e. The molecule has 24 heavy (non-hydrogen) atoms. The van der Waals surface area contributed by atoms with Gasteiger partial charge in [-0.2, -0.15) is 0 Å². The first-order valence-electron chi connectivity index (χ1n) is 9.46. The lowest BCUT2D eigenvalue weighted by Gasteiger charge is -2.35. The van der Waals surface area contributed by atoms with Gasteiger partial charge in [0.05, 0.1) is 16.3 Å². The van der Waals surface area contributed by atoms with Crippen LogP contribution in [0.4, 0.5) is 0 Å². The van der Waals surface area contributed by atoms with Gasteiger partial charge in [-0.3, -0.25) is 4.79 Å². The number of benzene rings is 1. The van der Waals surface area contributed by atoms with Crippen LogP contribution in [0.5, 0.6) is 0 Å². The number of carbonyl (C=O) groups excluding carboxylic acids is 1. The first-order chi connectivity index (χ1) is 11.8. The van der Waals surface area contributed by atoms with Crippen LogP contribution in [0, 0.1) is 5.92 Å². The summed E-state index contributed by atoms with van der Waals surface area (Å²) in [5.74, 6) is 1.14. The zero-order valence-electron chi connectivity index (χ0n) is 14.2. The van der Waals surface area contributed by atoms with E-state index >= 15 is 0 Å². The third-order valence-corrected chi connectivity index (χ3v) is 6.80. The Morgan fingerprint density at radius 1 is 1.12 bits per heavy atom. The molecule has 2 fully saturated rings. The molecule has 1 amide bonds. The van der Waals surface area contributed by atoms with Crippen molar-refractivity contribution in [3.63, 3.8) is 0 Å². The second-order valence-corrected chi connectivity index (χ2v) is 8.37. The van der Waals surface area contributed by atoms with Gasteiger partial charge in [0.1, 0.15) is 5.01 Å². The summed E-state index contributed by atoms with van der Waals surface area (Å²) in [5, 5.41) is 1.13. The monoisotopic (exact) mass is 342 g/mol. The van der Waals surface area contributed by atoms with Crippen molar-refractivity contribution in [2.24, 2.45) is 5.92 Å². The summed E-state index contributed by atoms with van der Waals surface area (Å²) in [6.07, 6.45) is 10.6. The highest BCUT2D eigenvalue weighted by Gasteiger charge is 2.30. The van der Waals surface area contributed by atoms with E-state index in [1.165, 1.54) is 36.8 Å². The zero-order chi connectivity index (χ0) is 16.4. The molecule has 1 unspecified atom stereocenters. The van der Waals surface area contributed by atoms with Crippen LogP contribution in [0.25, 0.3) is 10.2 Å². The van der Waals surface area contributed by atoms with E-state index in [4.69, 9.17) is 4.98 Å². The SMILES string of the molecule is O=C(CCC1CCCC1)N1CCCCC1c1nc2ccccc2s1. The number of para-hydroxylation sites is 1. The van der Waals surface area contributed by atoms with E-state index in [2.05, 4.69) is 23.1 Å². The number of amides is 1. The van der Waals surface area contributed by atoms with Crippen LogP contribution in [0.1, 0.15) is 68.8 Å². The van der Waals surface area contributed by atoms with E-state index in [0.717, 1.165) is 48.7 Å². The molecule has 0 radical (unpaired) electrons. The van der Waals surface area contributed by atoms with Crippen molar-refractivity contribution >= 4 is 27.5 Å². The number of hydrogen-bond acceptors (Lipinski definition) is 3. The number of hydrogen-bond donors (Lipinski definition) is 0. The van der Waals surface area contributed by atoms with Gasteiger partial charge < -0.3 is 4.90 Å². The van der Waals surface area contributed by atoms with Gasteiger partial charge in [-0.1, -0.05) is 37.8 Å². The molecule has 0 spiro atoms. The Morgan fingerprint density at radius 3 is 2.75 bits per heavy atom. The Hall–Kier alpha value is -1.42. The Labute approximate surface area is 148 Å². The zero-order valence-corrected chi connectivity index (χ0v) is 15.1. The summed E-state index contributed by atoms with van der Waals surface area (Å²) >= 11 is 1.76. The van der Waals surface area contributed by atoms with Crippen molar-refractivity contribution in [1.82, 2.24) is 9.88 Å². The van der Waals surface area contributed by atoms with E-state index in [1.807, 2.05) is 6.07 Å². The van der Waals surface area contributed by atoms with Crippen LogP contribution in [-0.4, -0.2) is 22.3 Å². The predicted octanol–water partition coefficient (Wildman–Crippen LogP) is 5.32. The van der Waals surface area contributed by atoms with Crippen LogP contribution >= 0.6 is 11.3 Å². The minimum atomic E-state index is 0.201. The highest BCUT2D eigenvalue weighted by molar-refractivity contribution is 7.18.